The molecule has 4 aromatic rings. The number of carbonyl (C=O) groups is 3. The molecule has 0 bridgehead atoms. The first-order chi connectivity index (χ1) is 20.2. The predicted molar refractivity (Wildman–Crippen MR) is 166 cm³/mol. The van der Waals surface area contributed by atoms with E-state index in [1.807, 2.05) is 36.4 Å². The molecule has 1 unspecified atom stereocenters. The van der Waals surface area contributed by atoms with Crippen LogP contribution in [-0.4, -0.2) is 44.5 Å². The highest BCUT2D eigenvalue weighted by molar-refractivity contribution is 9.10. The Balaban J connectivity index is 1.80. The zero-order chi connectivity index (χ0) is 30.2. The number of methoxy groups -OCH3 is 1. The van der Waals surface area contributed by atoms with Gasteiger partial charge in [-0.3, -0.25) is 14.4 Å². The number of rotatable bonds is 10. The highest BCUT2D eigenvalue weighted by Crippen LogP contribution is 2.35. The fourth-order valence-electron chi connectivity index (χ4n) is 4.63. The minimum Gasteiger partial charge on any atom is -0.496 e. The summed E-state index contributed by atoms with van der Waals surface area (Å²) in [5, 5.41) is 19.5. The van der Waals surface area contributed by atoms with Gasteiger partial charge in [-0.1, -0.05) is 46.3 Å². The third-order valence-corrected chi connectivity index (χ3v) is 7.13. The zero-order valence-corrected chi connectivity index (χ0v) is 25.0. The molecule has 4 aromatic carbocycles. The van der Waals surface area contributed by atoms with Crippen molar-refractivity contribution in [1.82, 2.24) is 10.6 Å². The van der Waals surface area contributed by atoms with Crippen LogP contribution in [-0.2, 0) is 16.1 Å². The molecule has 0 saturated carbocycles. The van der Waals surface area contributed by atoms with E-state index in [2.05, 4.69) is 31.9 Å². The molecule has 214 valence electrons. The molecule has 3 amide bonds. The number of fused-ring (bicyclic) bond motifs is 1. The lowest BCUT2D eigenvalue weighted by Crippen LogP contribution is -2.48. The molecule has 9 nitrogen and oxygen atoms in total. The van der Waals surface area contributed by atoms with Gasteiger partial charge in [0.25, 0.3) is 5.91 Å². The molecule has 0 radical (unpaired) electrons. The summed E-state index contributed by atoms with van der Waals surface area (Å²) in [5.74, 6) is -0.562. The Labute approximate surface area is 252 Å². The summed E-state index contributed by atoms with van der Waals surface area (Å²) in [7, 11) is 3.22. The number of nitrogens with zero attached hydrogens (tertiary/aromatic N) is 2. The minimum atomic E-state index is -0.878. The second-order valence-electron chi connectivity index (χ2n) is 9.52. The van der Waals surface area contributed by atoms with Gasteiger partial charge in [0.05, 0.1) is 43.2 Å². The Hall–Kier alpha value is -4.72. The molecule has 0 aromatic heterocycles. The maximum Gasteiger partial charge on any atom is 0.255 e. The van der Waals surface area contributed by atoms with Gasteiger partial charge in [-0.2, -0.15) is 5.26 Å². The molecule has 1 atom stereocenters. The third-order valence-electron chi connectivity index (χ3n) is 6.63. The van der Waals surface area contributed by atoms with E-state index in [-0.39, 0.29) is 24.9 Å². The summed E-state index contributed by atoms with van der Waals surface area (Å²) in [6, 6.07) is 24.1. The first kappa shape index (κ1) is 30.2. The summed E-state index contributed by atoms with van der Waals surface area (Å²) >= 11 is 3.52. The zero-order valence-electron chi connectivity index (χ0n) is 23.4. The lowest BCUT2D eigenvalue weighted by molar-refractivity contribution is -0.126. The van der Waals surface area contributed by atoms with Crippen LogP contribution in [0.25, 0.3) is 10.8 Å². The Morgan fingerprint density at radius 1 is 1.02 bits per heavy atom. The number of anilines is 2. The highest BCUT2D eigenvalue weighted by atomic mass is 79.9. The summed E-state index contributed by atoms with van der Waals surface area (Å²) in [6.45, 7) is 1.76. The van der Waals surface area contributed by atoms with Gasteiger partial charge in [0, 0.05) is 15.6 Å². The number of nitriles is 1. The maximum absolute atomic E-state index is 14.1. The molecule has 0 aliphatic heterocycles. The normalized spacial score (nSPS) is 11.3. The quantitative estimate of drug-likeness (QED) is 0.228. The summed E-state index contributed by atoms with van der Waals surface area (Å²) in [5.41, 5.74) is 2.23. The standard InChI is InChI=1S/C32H30BrN5O4/c1-20(36-30(39)18-35-2)32(41)38(19-26-25-13-12-24(33)16-22(25)11-14-29(26)42-3)28-10-5-4-9-27(28)37-31(40)23-8-6-7-21(15-23)17-34/h4-16,20,35H,18-19H2,1-3H3,(H,36,39)(H,37,40). The number of amides is 3. The van der Waals surface area contributed by atoms with Gasteiger partial charge in [-0.05, 0) is 73.3 Å². The van der Waals surface area contributed by atoms with Crippen molar-refractivity contribution < 1.29 is 19.1 Å². The fraction of sp³-hybridized carbons (Fsp3) is 0.188. The van der Waals surface area contributed by atoms with Gasteiger partial charge in [0.2, 0.25) is 11.8 Å². The predicted octanol–water partition coefficient (Wildman–Crippen LogP) is 4.99. The summed E-state index contributed by atoms with van der Waals surface area (Å²) in [6.07, 6.45) is 0. The fourth-order valence-corrected chi connectivity index (χ4v) is 5.01. The Morgan fingerprint density at radius 3 is 2.55 bits per heavy atom. The van der Waals surface area contributed by atoms with Crippen molar-refractivity contribution in [2.24, 2.45) is 0 Å². The van der Waals surface area contributed by atoms with Crippen molar-refractivity contribution in [3.8, 4) is 11.8 Å². The number of benzene rings is 4. The van der Waals surface area contributed by atoms with E-state index in [1.165, 1.54) is 11.0 Å². The van der Waals surface area contributed by atoms with E-state index in [1.54, 1.807) is 63.5 Å². The number of halogens is 1. The summed E-state index contributed by atoms with van der Waals surface area (Å²) in [4.78, 5) is 41.2. The summed E-state index contributed by atoms with van der Waals surface area (Å²) < 4.78 is 6.62. The van der Waals surface area contributed by atoms with E-state index >= 15 is 0 Å². The van der Waals surface area contributed by atoms with Crippen molar-refractivity contribution in [3.05, 3.63) is 100 Å². The molecule has 0 saturated heterocycles. The molecule has 3 N–H and O–H groups in total. The molecular formula is C32H30BrN5O4. The largest absolute Gasteiger partial charge is 0.496 e. The highest BCUT2D eigenvalue weighted by Gasteiger charge is 2.27. The maximum atomic E-state index is 14.1. The van der Waals surface area contributed by atoms with E-state index in [0.29, 0.717) is 28.3 Å². The van der Waals surface area contributed by atoms with Gasteiger partial charge in [0.15, 0.2) is 0 Å². The molecule has 0 heterocycles. The average Bonchev–Trinajstić information content (AvgIpc) is 2.99. The van der Waals surface area contributed by atoms with E-state index in [0.717, 1.165) is 20.8 Å². The van der Waals surface area contributed by atoms with Gasteiger partial charge in [-0.25, -0.2) is 0 Å². The van der Waals surface area contributed by atoms with Crippen LogP contribution >= 0.6 is 15.9 Å². The van der Waals surface area contributed by atoms with Crippen LogP contribution in [0.3, 0.4) is 0 Å². The SMILES string of the molecule is CNCC(=O)NC(C)C(=O)N(Cc1c(OC)ccc2cc(Br)ccc12)c1ccccc1NC(=O)c1cccc(C#N)c1. The number of hydrogen-bond donors (Lipinski definition) is 3. The monoisotopic (exact) mass is 627 g/mol. The van der Waals surface area contributed by atoms with Crippen molar-refractivity contribution in [3.63, 3.8) is 0 Å². The number of hydrogen-bond acceptors (Lipinski definition) is 6. The Morgan fingerprint density at radius 2 is 1.81 bits per heavy atom. The molecule has 0 spiro atoms. The molecule has 0 aliphatic carbocycles. The topological polar surface area (TPSA) is 124 Å². The van der Waals surface area contributed by atoms with Gasteiger partial charge < -0.3 is 25.6 Å². The lowest BCUT2D eigenvalue weighted by atomic mass is 10.0. The minimum absolute atomic E-state index is 0.0536. The molecule has 42 heavy (non-hydrogen) atoms. The van der Waals surface area contributed by atoms with Crippen molar-refractivity contribution in [2.75, 3.05) is 30.9 Å². The van der Waals surface area contributed by atoms with Crippen molar-refractivity contribution >= 4 is 55.8 Å². The van der Waals surface area contributed by atoms with E-state index in [4.69, 9.17) is 4.74 Å². The average molecular weight is 629 g/mol. The van der Waals surface area contributed by atoms with Crippen LogP contribution in [0.15, 0.2) is 83.3 Å². The number of para-hydroxylation sites is 2. The molecular weight excluding hydrogens is 598 g/mol. The van der Waals surface area contributed by atoms with Crippen LogP contribution in [0.1, 0.15) is 28.4 Å². The Kier molecular flexibility index (Phi) is 9.91. The second-order valence-corrected chi connectivity index (χ2v) is 10.4. The van der Waals surface area contributed by atoms with Gasteiger partial charge in [0.1, 0.15) is 11.8 Å². The van der Waals surface area contributed by atoms with Crippen LogP contribution in [0.2, 0.25) is 0 Å². The van der Waals surface area contributed by atoms with Crippen molar-refractivity contribution in [1.29, 1.82) is 5.26 Å². The number of nitrogens with one attached hydrogen (secondary N) is 3. The van der Waals surface area contributed by atoms with Crippen LogP contribution in [0, 0.1) is 11.3 Å². The number of ether oxygens (including phenoxy) is 1. The Bertz CT molecular complexity index is 1680. The first-order valence-electron chi connectivity index (χ1n) is 13.2. The molecule has 0 aliphatic rings. The smallest absolute Gasteiger partial charge is 0.255 e. The lowest BCUT2D eigenvalue weighted by Gasteiger charge is -2.29. The second kappa shape index (κ2) is 13.8. The van der Waals surface area contributed by atoms with E-state index < -0.39 is 11.9 Å². The first-order valence-corrected chi connectivity index (χ1v) is 14.0. The van der Waals surface area contributed by atoms with Crippen molar-refractivity contribution in [2.45, 2.75) is 19.5 Å². The molecule has 0 fully saturated rings. The van der Waals surface area contributed by atoms with Crippen LogP contribution in [0.5, 0.6) is 5.75 Å². The third kappa shape index (κ3) is 6.94. The number of carbonyl (C=O) groups excluding carboxylic acids is 3. The number of likely N-dealkylation sites (N-methyl/N-ethyl adjacent to an activating group) is 1. The van der Waals surface area contributed by atoms with Gasteiger partial charge in [-0.15, -0.1) is 0 Å². The van der Waals surface area contributed by atoms with E-state index in [9.17, 15) is 19.6 Å². The van der Waals surface area contributed by atoms with Gasteiger partial charge >= 0.3 is 0 Å². The van der Waals surface area contributed by atoms with Crippen LogP contribution < -0.4 is 25.6 Å². The van der Waals surface area contributed by atoms with Crippen LogP contribution in [0.4, 0.5) is 11.4 Å². The molecule has 10 heteroatoms. The molecule has 4 rings (SSSR count).